The fourth-order valence-corrected chi connectivity index (χ4v) is 6.49. The van der Waals surface area contributed by atoms with Crippen molar-refractivity contribution < 1.29 is 38.1 Å². The number of aryl methyl sites for hydroxylation is 1. The van der Waals surface area contributed by atoms with Crippen molar-refractivity contribution in [2.75, 3.05) is 74.9 Å². The smallest absolute Gasteiger partial charge is 0.308 e. The Balaban J connectivity index is 1.63. The number of carboxylic acids is 1. The average molecular weight is 613 g/mol. The van der Waals surface area contributed by atoms with Gasteiger partial charge in [-0.05, 0) is 48.6 Å². The van der Waals surface area contributed by atoms with Crippen LogP contribution in [-0.4, -0.2) is 112 Å². The molecule has 1 amide bonds. The topological polar surface area (TPSA) is 97.8 Å². The van der Waals surface area contributed by atoms with Gasteiger partial charge in [0.1, 0.15) is 5.75 Å². The monoisotopic (exact) mass is 612 g/mol. The lowest BCUT2D eigenvalue weighted by atomic mass is 9.83. The van der Waals surface area contributed by atoms with E-state index in [1.54, 1.807) is 14.2 Å². The Morgan fingerprint density at radius 2 is 1.77 bits per heavy atom. The van der Waals surface area contributed by atoms with Gasteiger partial charge in [0.2, 0.25) is 18.4 Å². The normalized spacial score (nSPS) is 19.6. The number of ether oxygens (including phenoxy) is 4. The molecule has 1 N–H and O–H groups in total. The predicted octanol–water partition coefficient (Wildman–Crippen LogP) is 4.26. The largest absolute Gasteiger partial charge is 0.496 e. The van der Waals surface area contributed by atoms with Gasteiger partial charge in [0.05, 0.1) is 54.4 Å². The van der Waals surface area contributed by atoms with E-state index in [0.29, 0.717) is 49.7 Å². The minimum atomic E-state index is -0.877. The van der Waals surface area contributed by atoms with E-state index in [4.69, 9.17) is 18.9 Å². The molecule has 0 bridgehead atoms. The molecule has 3 atom stereocenters. The predicted molar refractivity (Wildman–Crippen MR) is 169 cm³/mol. The van der Waals surface area contributed by atoms with Crippen LogP contribution in [0.15, 0.2) is 36.4 Å². The number of aliphatic carboxylic acids is 1. The van der Waals surface area contributed by atoms with Crippen LogP contribution in [0.2, 0.25) is 0 Å². The summed E-state index contributed by atoms with van der Waals surface area (Å²) in [6, 6.07) is 11.2. The molecule has 0 aromatic heterocycles. The van der Waals surface area contributed by atoms with E-state index in [-0.39, 0.29) is 31.2 Å². The molecule has 2 aromatic rings. The molecule has 2 aliphatic heterocycles. The van der Waals surface area contributed by atoms with Crippen molar-refractivity contribution in [3.05, 3.63) is 47.5 Å². The molecule has 2 aliphatic rings. The highest BCUT2D eigenvalue weighted by molar-refractivity contribution is 5.79. The molecule has 44 heavy (non-hydrogen) atoms. The number of carbonyl (C=O) groups excluding carboxylic acids is 1. The molecule has 1 unspecified atom stereocenters. The van der Waals surface area contributed by atoms with Gasteiger partial charge in [-0.25, -0.2) is 0 Å². The number of amides is 1. The first-order valence-electron chi connectivity index (χ1n) is 15.7. The van der Waals surface area contributed by atoms with Crippen LogP contribution in [0.5, 0.6) is 23.0 Å². The number of methoxy groups -OCH3 is 2. The Hall–Kier alpha value is -3.50. The molecular weight excluding hydrogens is 562 g/mol. The summed E-state index contributed by atoms with van der Waals surface area (Å²) in [6.07, 6.45) is 4.04. The van der Waals surface area contributed by atoms with Gasteiger partial charge in [-0.1, -0.05) is 31.5 Å². The third kappa shape index (κ3) is 8.15. The molecule has 10 heteroatoms. The van der Waals surface area contributed by atoms with Crippen LogP contribution >= 0.6 is 0 Å². The van der Waals surface area contributed by atoms with Crippen LogP contribution in [0.25, 0.3) is 0 Å². The number of hydrogen-bond acceptors (Lipinski definition) is 7. The maximum absolute atomic E-state index is 13.9. The van der Waals surface area contributed by atoms with E-state index in [1.807, 2.05) is 41.3 Å². The first-order chi connectivity index (χ1) is 21.1. The molecular formula is C34H50N3O7+. The van der Waals surface area contributed by atoms with E-state index in [1.165, 1.54) is 0 Å². The summed E-state index contributed by atoms with van der Waals surface area (Å²) >= 11 is 0. The van der Waals surface area contributed by atoms with Crippen molar-refractivity contribution in [3.63, 3.8) is 0 Å². The van der Waals surface area contributed by atoms with Crippen LogP contribution in [0.4, 0.5) is 0 Å². The molecule has 1 saturated heterocycles. The number of carbonyl (C=O) groups is 2. The molecule has 0 radical (unpaired) electrons. The highest BCUT2D eigenvalue weighted by Gasteiger charge is 2.47. The molecule has 0 aliphatic carbocycles. The van der Waals surface area contributed by atoms with Gasteiger partial charge in [0.25, 0.3) is 0 Å². The van der Waals surface area contributed by atoms with Crippen molar-refractivity contribution in [3.8, 4) is 23.0 Å². The van der Waals surface area contributed by atoms with Gasteiger partial charge in [0.15, 0.2) is 11.5 Å². The van der Waals surface area contributed by atoms with Crippen LogP contribution in [0.3, 0.4) is 0 Å². The molecule has 0 saturated carbocycles. The van der Waals surface area contributed by atoms with E-state index in [9.17, 15) is 14.7 Å². The average Bonchev–Trinajstić information content (AvgIpc) is 3.61. The fraction of sp³-hybridized carbons (Fsp3) is 0.588. The number of unbranched alkanes of at least 4 members (excludes halogenated alkanes) is 1. The summed E-state index contributed by atoms with van der Waals surface area (Å²) < 4.78 is 23.3. The summed E-state index contributed by atoms with van der Waals surface area (Å²) in [4.78, 5) is 31.0. The zero-order valence-corrected chi connectivity index (χ0v) is 27.2. The highest BCUT2D eigenvalue weighted by atomic mass is 16.7. The number of rotatable bonds is 16. The van der Waals surface area contributed by atoms with Gasteiger partial charge in [0, 0.05) is 38.0 Å². The fourth-order valence-electron chi connectivity index (χ4n) is 6.49. The highest BCUT2D eigenvalue weighted by Crippen LogP contribution is 2.47. The maximum Gasteiger partial charge on any atom is 0.308 e. The molecule has 2 heterocycles. The van der Waals surface area contributed by atoms with Crippen LogP contribution in [0.1, 0.15) is 49.7 Å². The second-order valence-electron chi connectivity index (χ2n) is 12.9. The summed E-state index contributed by atoms with van der Waals surface area (Å²) in [5.74, 6) is 0.446. The van der Waals surface area contributed by atoms with Gasteiger partial charge < -0.3 is 33.4 Å². The SMILES string of the molecule is CCCCN(CCC[N+](C)(C)C)C(=O)CN1C[C@H](c2cc(OC)c3c(c2)OCO3)C(C(=O)O)[C@@H]1CCc1ccccc1OC. The minimum Gasteiger partial charge on any atom is -0.496 e. The van der Waals surface area contributed by atoms with E-state index < -0.39 is 11.9 Å². The second kappa shape index (κ2) is 15.0. The zero-order valence-electron chi connectivity index (χ0n) is 27.2. The van der Waals surface area contributed by atoms with Crippen molar-refractivity contribution in [2.24, 2.45) is 5.92 Å². The Morgan fingerprint density at radius 3 is 2.45 bits per heavy atom. The van der Waals surface area contributed by atoms with E-state index in [2.05, 4.69) is 33.0 Å². The van der Waals surface area contributed by atoms with Crippen LogP contribution in [0, 0.1) is 5.92 Å². The quantitative estimate of drug-likeness (QED) is 0.281. The lowest BCUT2D eigenvalue weighted by molar-refractivity contribution is -0.870. The Morgan fingerprint density at radius 1 is 1.05 bits per heavy atom. The number of likely N-dealkylation sites (tertiary alicyclic amines) is 1. The maximum atomic E-state index is 13.9. The van der Waals surface area contributed by atoms with E-state index in [0.717, 1.165) is 47.2 Å². The summed E-state index contributed by atoms with van der Waals surface area (Å²) in [5.41, 5.74) is 1.82. The lowest BCUT2D eigenvalue weighted by Gasteiger charge is -2.31. The number of carboxylic acid groups (broad SMARTS) is 1. The summed E-state index contributed by atoms with van der Waals surface area (Å²) in [5, 5.41) is 10.7. The van der Waals surface area contributed by atoms with Crippen molar-refractivity contribution in [1.82, 2.24) is 9.80 Å². The van der Waals surface area contributed by atoms with Crippen LogP contribution < -0.4 is 18.9 Å². The van der Waals surface area contributed by atoms with Crippen molar-refractivity contribution >= 4 is 11.9 Å². The van der Waals surface area contributed by atoms with Gasteiger partial charge in [-0.3, -0.25) is 14.5 Å². The number of quaternary nitrogens is 1. The molecule has 0 spiro atoms. The first-order valence-corrected chi connectivity index (χ1v) is 15.7. The molecule has 1 fully saturated rings. The Bertz CT molecular complexity index is 1280. The number of benzene rings is 2. The molecule has 242 valence electrons. The van der Waals surface area contributed by atoms with Gasteiger partial charge in [-0.2, -0.15) is 0 Å². The second-order valence-corrected chi connectivity index (χ2v) is 12.9. The Kier molecular flexibility index (Phi) is 11.4. The number of fused-ring (bicyclic) bond motifs is 1. The summed E-state index contributed by atoms with van der Waals surface area (Å²) in [6.45, 7) is 5.19. The van der Waals surface area contributed by atoms with Crippen molar-refractivity contribution in [1.29, 1.82) is 0 Å². The van der Waals surface area contributed by atoms with Crippen LogP contribution in [-0.2, 0) is 16.0 Å². The Labute approximate surface area is 262 Å². The third-order valence-corrected chi connectivity index (χ3v) is 8.77. The zero-order chi connectivity index (χ0) is 31.9. The number of hydrogen-bond donors (Lipinski definition) is 1. The first kappa shape index (κ1) is 33.4. The van der Waals surface area contributed by atoms with Gasteiger partial charge >= 0.3 is 5.97 Å². The summed E-state index contributed by atoms with van der Waals surface area (Å²) in [7, 11) is 9.69. The number of para-hydroxylation sites is 1. The number of nitrogens with zero attached hydrogens (tertiary/aromatic N) is 3. The minimum absolute atomic E-state index is 0.0511. The standard InChI is InChI=1S/C34H49N3O7/c1-7-8-16-35(17-11-18-37(2,3)4)31(38)22-36-21-26(25-19-29(42-6)33-30(20-25)43-23-44-33)32(34(39)40)27(36)15-14-24-12-9-10-13-28(24)41-5/h9-10,12-13,19-20,26-27,32H,7-8,11,14-18,21-23H2,1-6H3/p+1/t26-,27+,32?/m1/s1. The molecule has 2 aromatic carbocycles. The molecule has 10 nitrogen and oxygen atoms in total. The van der Waals surface area contributed by atoms with E-state index >= 15 is 0 Å². The van der Waals surface area contributed by atoms with Crippen molar-refractivity contribution in [2.45, 2.75) is 51.0 Å². The lowest BCUT2D eigenvalue weighted by Crippen LogP contribution is -2.45. The molecule has 4 rings (SSSR count). The van der Waals surface area contributed by atoms with Gasteiger partial charge in [-0.15, -0.1) is 0 Å². The third-order valence-electron chi connectivity index (χ3n) is 8.77.